The fraction of sp³-hybridized carbons (Fsp3) is 0.406. The van der Waals surface area contributed by atoms with Gasteiger partial charge in [0.25, 0.3) is 5.91 Å². The van der Waals surface area contributed by atoms with Gasteiger partial charge >= 0.3 is 5.97 Å². The molecule has 0 N–H and O–H groups in total. The maximum Gasteiger partial charge on any atom is 0.325 e. The SMILES string of the molecule is COc1ccc([C@H](Cc2c(Cl)cncc2Cl)OC(=O)C2CCCN2S(=O)(=O)c2cccc(C(=O)N(C)C)c2)cc1OCC1CC1. The number of methoxy groups -OCH3 is 1. The van der Waals surface area contributed by atoms with E-state index in [1.165, 1.54) is 35.5 Å². The van der Waals surface area contributed by atoms with E-state index in [1.807, 2.05) is 0 Å². The number of benzene rings is 2. The zero-order valence-electron chi connectivity index (χ0n) is 25.2. The Kier molecular flexibility index (Phi) is 10.2. The molecule has 2 atom stereocenters. The summed E-state index contributed by atoms with van der Waals surface area (Å²) < 4.78 is 46.4. The quantitative estimate of drug-likeness (QED) is 0.229. The Morgan fingerprint density at radius 2 is 1.78 bits per heavy atom. The number of hydrogen-bond acceptors (Lipinski definition) is 8. The number of esters is 1. The molecule has 1 saturated carbocycles. The van der Waals surface area contributed by atoms with Gasteiger partial charge in [-0.3, -0.25) is 14.6 Å². The molecule has 1 aliphatic carbocycles. The van der Waals surface area contributed by atoms with E-state index in [0.29, 0.717) is 51.6 Å². The number of sulfonamides is 1. The highest BCUT2D eigenvalue weighted by atomic mass is 35.5. The van der Waals surface area contributed by atoms with Gasteiger partial charge < -0.3 is 19.1 Å². The normalized spacial score (nSPS) is 17.5. The van der Waals surface area contributed by atoms with E-state index in [0.717, 1.165) is 17.1 Å². The van der Waals surface area contributed by atoms with Crippen LogP contribution in [0.3, 0.4) is 0 Å². The molecule has 13 heteroatoms. The molecule has 1 aliphatic heterocycles. The number of hydrogen-bond donors (Lipinski definition) is 0. The van der Waals surface area contributed by atoms with Gasteiger partial charge in [0.1, 0.15) is 12.1 Å². The average molecular weight is 677 g/mol. The van der Waals surface area contributed by atoms with Crippen LogP contribution >= 0.6 is 23.2 Å². The molecule has 2 fully saturated rings. The maximum atomic E-state index is 13.8. The Labute approximate surface area is 273 Å². The molecule has 1 saturated heterocycles. The van der Waals surface area contributed by atoms with Crippen LogP contribution in [0.4, 0.5) is 0 Å². The number of halogens is 2. The smallest absolute Gasteiger partial charge is 0.325 e. The number of rotatable bonds is 12. The lowest BCUT2D eigenvalue weighted by Crippen LogP contribution is -2.42. The van der Waals surface area contributed by atoms with Crippen LogP contribution in [0.1, 0.15) is 53.3 Å². The lowest BCUT2D eigenvalue weighted by molar-refractivity contribution is -0.153. The molecule has 0 bridgehead atoms. The summed E-state index contributed by atoms with van der Waals surface area (Å²) >= 11 is 12.9. The van der Waals surface area contributed by atoms with Crippen molar-refractivity contribution < 1.29 is 32.2 Å². The number of aromatic nitrogens is 1. The van der Waals surface area contributed by atoms with Crippen molar-refractivity contribution in [3.63, 3.8) is 0 Å². The van der Waals surface area contributed by atoms with Gasteiger partial charge in [-0.25, -0.2) is 8.42 Å². The van der Waals surface area contributed by atoms with Crippen molar-refractivity contribution >= 4 is 45.1 Å². The summed E-state index contributed by atoms with van der Waals surface area (Å²) in [6, 6.07) is 10.0. The Balaban J connectivity index is 1.44. The number of nitrogens with zero attached hydrogens (tertiary/aromatic N) is 3. The van der Waals surface area contributed by atoms with E-state index in [1.54, 1.807) is 45.5 Å². The van der Waals surface area contributed by atoms with Gasteiger partial charge in [0, 0.05) is 45.0 Å². The molecule has 240 valence electrons. The lowest BCUT2D eigenvalue weighted by Gasteiger charge is -2.26. The minimum Gasteiger partial charge on any atom is -0.493 e. The van der Waals surface area contributed by atoms with Crippen molar-refractivity contribution in [1.82, 2.24) is 14.2 Å². The van der Waals surface area contributed by atoms with Crippen LogP contribution in [0, 0.1) is 5.92 Å². The highest BCUT2D eigenvalue weighted by Crippen LogP contribution is 2.38. The number of amides is 1. The summed E-state index contributed by atoms with van der Waals surface area (Å²) in [5.74, 6) is 0.498. The summed E-state index contributed by atoms with van der Waals surface area (Å²) in [7, 11) is 0.586. The summed E-state index contributed by atoms with van der Waals surface area (Å²) in [6.07, 6.45) is 5.08. The van der Waals surface area contributed by atoms with Crippen molar-refractivity contribution in [2.45, 2.75) is 49.1 Å². The first-order valence-corrected chi connectivity index (χ1v) is 16.8. The second-order valence-corrected chi connectivity index (χ2v) is 14.1. The zero-order valence-corrected chi connectivity index (χ0v) is 27.6. The molecular formula is C32H35Cl2N3O7S. The highest BCUT2D eigenvalue weighted by Gasteiger charge is 2.41. The number of pyridine rings is 1. The summed E-state index contributed by atoms with van der Waals surface area (Å²) in [6.45, 7) is 0.671. The van der Waals surface area contributed by atoms with Gasteiger partial charge in [0.05, 0.1) is 28.7 Å². The second-order valence-electron chi connectivity index (χ2n) is 11.4. The van der Waals surface area contributed by atoms with Gasteiger partial charge in [-0.2, -0.15) is 4.31 Å². The number of carbonyl (C=O) groups is 2. The van der Waals surface area contributed by atoms with E-state index in [9.17, 15) is 18.0 Å². The second kappa shape index (κ2) is 13.9. The monoisotopic (exact) mass is 675 g/mol. The molecule has 1 aromatic heterocycles. The van der Waals surface area contributed by atoms with E-state index >= 15 is 0 Å². The van der Waals surface area contributed by atoms with Crippen LogP contribution in [0.15, 0.2) is 59.8 Å². The lowest BCUT2D eigenvalue weighted by atomic mass is 10.0. The summed E-state index contributed by atoms with van der Waals surface area (Å²) in [5.41, 5.74) is 1.35. The van der Waals surface area contributed by atoms with Crippen molar-refractivity contribution in [2.75, 3.05) is 34.4 Å². The molecule has 10 nitrogen and oxygen atoms in total. The van der Waals surface area contributed by atoms with Crippen LogP contribution in [-0.4, -0.2) is 74.9 Å². The molecule has 0 radical (unpaired) electrons. The predicted molar refractivity (Wildman–Crippen MR) is 169 cm³/mol. The minimum atomic E-state index is -4.14. The molecule has 2 heterocycles. The van der Waals surface area contributed by atoms with Crippen molar-refractivity contribution in [3.05, 3.63) is 81.6 Å². The van der Waals surface area contributed by atoms with Crippen LogP contribution in [0.25, 0.3) is 0 Å². The van der Waals surface area contributed by atoms with Crippen LogP contribution < -0.4 is 9.47 Å². The van der Waals surface area contributed by atoms with Gasteiger partial charge in [-0.05, 0) is 73.1 Å². The van der Waals surface area contributed by atoms with Crippen LogP contribution in [0.2, 0.25) is 10.0 Å². The topological polar surface area (TPSA) is 115 Å². The Morgan fingerprint density at radius 3 is 2.44 bits per heavy atom. The zero-order chi connectivity index (χ0) is 32.3. The molecule has 5 rings (SSSR count). The first-order valence-electron chi connectivity index (χ1n) is 14.6. The van der Waals surface area contributed by atoms with Gasteiger partial charge in [-0.1, -0.05) is 35.3 Å². The van der Waals surface area contributed by atoms with Crippen LogP contribution in [-0.2, 0) is 26.0 Å². The first kappa shape index (κ1) is 33.0. The van der Waals surface area contributed by atoms with Crippen molar-refractivity contribution in [1.29, 1.82) is 0 Å². The standard InChI is InChI=1S/C32H35Cl2N3O7S/c1-36(2)31(38)22-6-4-7-23(14-22)45(40,41)37-13-5-8-27(37)32(39)44-29(16-24-25(33)17-35-18-26(24)34)21-11-12-28(42-3)30(15-21)43-19-20-9-10-20/h4,6-7,11-12,14-15,17-18,20,27,29H,5,8-10,13,16,19H2,1-3H3/t27?,29-/m0/s1. The van der Waals surface area contributed by atoms with Gasteiger partial charge in [0.2, 0.25) is 10.0 Å². The fourth-order valence-electron chi connectivity index (χ4n) is 5.21. The maximum absolute atomic E-state index is 13.8. The van der Waals surface area contributed by atoms with E-state index in [4.69, 9.17) is 37.4 Å². The Morgan fingerprint density at radius 1 is 1.04 bits per heavy atom. The molecule has 2 aromatic carbocycles. The largest absolute Gasteiger partial charge is 0.493 e. The molecule has 45 heavy (non-hydrogen) atoms. The van der Waals surface area contributed by atoms with E-state index in [2.05, 4.69) is 4.98 Å². The Bertz CT molecular complexity index is 1660. The summed E-state index contributed by atoms with van der Waals surface area (Å²) in [5, 5.41) is 0.610. The molecule has 0 spiro atoms. The van der Waals surface area contributed by atoms with Crippen molar-refractivity contribution in [2.24, 2.45) is 5.92 Å². The van der Waals surface area contributed by atoms with Crippen molar-refractivity contribution in [3.8, 4) is 11.5 Å². The average Bonchev–Trinajstić information content (AvgIpc) is 3.72. The van der Waals surface area contributed by atoms with Crippen LogP contribution in [0.5, 0.6) is 11.5 Å². The number of carbonyl (C=O) groups excluding carboxylic acids is 2. The molecule has 2 aliphatic rings. The fourth-order valence-corrected chi connectivity index (χ4v) is 7.42. The summed E-state index contributed by atoms with van der Waals surface area (Å²) in [4.78, 5) is 31.7. The van der Waals surface area contributed by atoms with Gasteiger partial charge in [-0.15, -0.1) is 0 Å². The molecule has 1 unspecified atom stereocenters. The third-order valence-electron chi connectivity index (χ3n) is 7.90. The minimum absolute atomic E-state index is 0.0746. The van der Waals surface area contributed by atoms with Gasteiger partial charge in [0.15, 0.2) is 11.5 Å². The molecule has 3 aromatic rings. The Hall–Kier alpha value is -3.38. The molecular weight excluding hydrogens is 641 g/mol. The third kappa shape index (κ3) is 7.54. The first-order chi connectivity index (χ1) is 21.5. The third-order valence-corrected chi connectivity index (χ3v) is 10.5. The number of ether oxygens (including phenoxy) is 3. The highest BCUT2D eigenvalue weighted by molar-refractivity contribution is 7.89. The van der Waals surface area contributed by atoms with E-state index in [-0.39, 0.29) is 35.8 Å². The van der Waals surface area contributed by atoms with E-state index < -0.39 is 28.1 Å². The molecule has 1 amide bonds. The predicted octanol–water partition coefficient (Wildman–Crippen LogP) is 5.57.